The number of methoxy groups -OCH3 is 1. The maximum atomic E-state index is 5.54. The number of nitrogens with zero attached hydrogens (tertiary/aromatic N) is 3. The summed E-state index contributed by atoms with van der Waals surface area (Å²) in [7, 11) is 1.63. The molecule has 2 heterocycles. The molecule has 0 radical (unpaired) electrons. The van der Waals surface area contributed by atoms with Crippen LogP contribution in [0.2, 0.25) is 0 Å². The summed E-state index contributed by atoms with van der Waals surface area (Å²) >= 11 is 0. The van der Waals surface area contributed by atoms with Crippen molar-refractivity contribution in [1.82, 2.24) is 15.1 Å². The van der Waals surface area contributed by atoms with Gasteiger partial charge in [-0.15, -0.1) is 0 Å². The molecule has 1 unspecified atom stereocenters. The first-order valence-corrected chi connectivity index (χ1v) is 5.80. The fourth-order valence-electron chi connectivity index (χ4n) is 1.66. The molecule has 6 nitrogen and oxygen atoms in total. The molecule has 2 N–H and O–H groups in total. The van der Waals surface area contributed by atoms with Crippen molar-refractivity contribution in [3.63, 3.8) is 0 Å². The third-order valence-corrected chi connectivity index (χ3v) is 2.66. The fraction of sp³-hybridized carbons (Fsp3) is 0.417. The average Bonchev–Trinajstić information content (AvgIpc) is 2.90. The van der Waals surface area contributed by atoms with Crippen LogP contribution in [0.4, 0.5) is 0 Å². The van der Waals surface area contributed by atoms with E-state index in [1.165, 1.54) is 0 Å². The zero-order valence-electron chi connectivity index (χ0n) is 10.5. The number of ether oxygens (including phenoxy) is 1. The van der Waals surface area contributed by atoms with E-state index in [1.807, 2.05) is 19.1 Å². The molecule has 0 bridgehead atoms. The van der Waals surface area contributed by atoms with Crippen molar-refractivity contribution in [2.24, 2.45) is 5.73 Å². The van der Waals surface area contributed by atoms with E-state index >= 15 is 0 Å². The molecule has 0 fully saturated rings. The molecule has 2 rings (SSSR count). The zero-order chi connectivity index (χ0) is 13.0. The zero-order valence-corrected chi connectivity index (χ0v) is 10.5. The van der Waals surface area contributed by atoms with Gasteiger partial charge in [0.15, 0.2) is 0 Å². The number of pyridine rings is 1. The first-order chi connectivity index (χ1) is 8.78. The Morgan fingerprint density at radius 1 is 1.50 bits per heavy atom. The van der Waals surface area contributed by atoms with E-state index in [9.17, 15) is 0 Å². The highest BCUT2D eigenvalue weighted by Crippen LogP contribution is 2.22. The summed E-state index contributed by atoms with van der Waals surface area (Å²) < 4.78 is 10.5. The Morgan fingerprint density at radius 2 is 2.33 bits per heavy atom. The van der Waals surface area contributed by atoms with Crippen molar-refractivity contribution in [2.75, 3.05) is 7.11 Å². The lowest BCUT2D eigenvalue weighted by Crippen LogP contribution is -2.02. The van der Waals surface area contributed by atoms with Crippen molar-refractivity contribution in [3.8, 4) is 11.5 Å². The second-order valence-electron chi connectivity index (χ2n) is 3.83. The molecular formula is C12H16N4O2. The van der Waals surface area contributed by atoms with E-state index in [1.54, 1.807) is 13.3 Å². The summed E-state index contributed by atoms with van der Waals surface area (Å²) in [5, 5.41) is 3.93. The molecule has 96 valence electrons. The van der Waals surface area contributed by atoms with Crippen molar-refractivity contribution in [3.05, 3.63) is 29.8 Å². The van der Waals surface area contributed by atoms with Crippen LogP contribution in [0.15, 0.2) is 22.9 Å². The number of nitrogens with two attached hydrogens (primary N) is 1. The summed E-state index contributed by atoms with van der Waals surface area (Å²) in [6.07, 6.45) is 2.33. The van der Waals surface area contributed by atoms with Crippen LogP contribution in [0.3, 0.4) is 0 Å². The topological polar surface area (TPSA) is 87.1 Å². The third kappa shape index (κ3) is 2.55. The molecule has 0 spiro atoms. The molecule has 0 saturated heterocycles. The van der Waals surface area contributed by atoms with Gasteiger partial charge in [0, 0.05) is 25.4 Å². The molecule has 0 amide bonds. The highest BCUT2D eigenvalue weighted by Gasteiger charge is 2.16. The van der Waals surface area contributed by atoms with E-state index in [0.717, 1.165) is 17.7 Å². The van der Waals surface area contributed by atoms with Gasteiger partial charge in [0.05, 0.1) is 5.69 Å². The van der Waals surface area contributed by atoms with Gasteiger partial charge in [-0.25, -0.2) is 0 Å². The highest BCUT2D eigenvalue weighted by molar-refractivity contribution is 5.52. The Labute approximate surface area is 105 Å². The van der Waals surface area contributed by atoms with Gasteiger partial charge in [-0.2, -0.15) is 4.98 Å². The van der Waals surface area contributed by atoms with E-state index < -0.39 is 0 Å². The Morgan fingerprint density at radius 3 is 3.00 bits per heavy atom. The summed E-state index contributed by atoms with van der Waals surface area (Å²) in [4.78, 5) is 8.44. The molecule has 1 atom stereocenters. The van der Waals surface area contributed by atoms with Gasteiger partial charge < -0.3 is 15.0 Å². The molecule has 0 aromatic carbocycles. The molecule has 2 aromatic rings. The predicted octanol–water partition coefficient (Wildman–Crippen LogP) is 1.69. The fourth-order valence-corrected chi connectivity index (χ4v) is 1.66. The number of aromatic nitrogens is 3. The van der Waals surface area contributed by atoms with Gasteiger partial charge in [0.25, 0.3) is 5.89 Å². The second kappa shape index (κ2) is 5.70. The van der Waals surface area contributed by atoms with Crippen molar-refractivity contribution < 1.29 is 9.26 Å². The van der Waals surface area contributed by atoms with Gasteiger partial charge in [-0.05, 0) is 18.6 Å². The quantitative estimate of drug-likeness (QED) is 0.866. The SMILES string of the molecule is CCC(OC)c1noc(-c2ccnc(CN)c2)n1. The monoisotopic (exact) mass is 248 g/mol. The van der Waals surface area contributed by atoms with E-state index in [-0.39, 0.29) is 6.10 Å². The molecule has 0 aliphatic heterocycles. The Kier molecular flexibility index (Phi) is 4.01. The van der Waals surface area contributed by atoms with Gasteiger partial charge in [-0.3, -0.25) is 4.98 Å². The van der Waals surface area contributed by atoms with Crippen LogP contribution < -0.4 is 5.73 Å². The number of rotatable bonds is 5. The molecule has 0 aliphatic rings. The first-order valence-electron chi connectivity index (χ1n) is 5.80. The van der Waals surface area contributed by atoms with E-state index in [4.69, 9.17) is 15.0 Å². The minimum absolute atomic E-state index is 0.140. The summed E-state index contributed by atoms with van der Waals surface area (Å²) in [6.45, 7) is 2.38. The van der Waals surface area contributed by atoms with Crippen LogP contribution >= 0.6 is 0 Å². The standard InChI is InChI=1S/C12H16N4O2/c1-3-10(17-2)11-15-12(18-16-11)8-4-5-14-9(6-8)7-13/h4-6,10H,3,7,13H2,1-2H3. The molecule has 2 aromatic heterocycles. The van der Waals surface area contributed by atoms with Gasteiger partial charge in [0.1, 0.15) is 6.10 Å². The molecular weight excluding hydrogens is 232 g/mol. The molecule has 6 heteroatoms. The Hall–Kier alpha value is -1.79. The van der Waals surface area contributed by atoms with E-state index in [2.05, 4.69) is 15.1 Å². The highest BCUT2D eigenvalue weighted by atomic mass is 16.5. The Bertz CT molecular complexity index is 508. The molecule has 0 saturated carbocycles. The maximum Gasteiger partial charge on any atom is 0.258 e. The average molecular weight is 248 g/mol. The predicted molar refractivity (Wildman–Crippen MR) is 65.5 cm³/mol. The Balaban J connectivity index is 2.28. The summed E-state index contributed by atoms with van der Waals surface area (Å²) in [5.74, 6) is 1.01. The lowest BCUT2D eigenvalue weighted by atomic mass is 10.2. The lowest BCUT2D eigenvalue weighted by molar-refractivity contribution is 0.0903. The van der Waals surface area contributed by atoms with Crippen LogP contribution in [0.25, 0.3) is 11.5 Å². The first kappa shape index (κ1) is 12.7. The molecule has 0 aliphatic carbocycles. The van der Waals surface area contributed by atoms with Crippen LogP contribution in [-0.4, -0.2) is 22.2 Å². The van der Waals surface area contributed by atoms with Crippen molar-refractivity contribution in [2.45, 2.75) is 26.0 Å². The second-order valence-corrected chi connectivity index (χ2v) is 3.83. The smallest absolute Gasteiger partial charge is 0.258 e. The van der Waals surface area contributed by atoms with Crippen LogP contribution in [0.1, 0.15) is 31.0 Å². The van der Waals surface area contributed by atoms with Gasteiger partial charge >= 0.3 is 0 Å². The minimum Gasteiger partial charge on any atom is -0.373 e. The largest absolute Gasteiger partial charge is 0.373 e. The summed E-state index contributed by atoms with van der Waals surface area (Å²) in [6, 6.07) is 3.65. The van der Waals surface area contributed by atoms with Crippen molar-refractivity contribution >= 4 is 0 Å². The normalized spacial score (nSPS) is 12.6. The summed E-state index contributed by atoms with van der Waals surface area (Å²) in [5.41, 5.74) is 7.14. The minimum atomic E-state index is -0.140. The number of hydrogen-bond acceptors (Lipinski definition) is 6. The maximum absolute atomic E-state index is 5.54. The van der Waals surface area contributed by atoms with Crippen LogP contribution in [-0.2, 0) is 11.3 Å². The van der Waals surface area contributed by atoms with Gasteiger partial charge in [0.2, 0.25) is 5.82 Å². The van der Waals surface area contributed by atoms with Crippen LogP contribution in [0, 0.1) is 0 Å². The number of hydrogen-bond donors (Lipinski definition) is 1. The van der Waals surface area contributed by atoms with Crippen LogP contribution in [0.5, 0.6) is 0 Å². The van der Waals surface area contributed by atoms with Gasteiger partial charge in [-0.1, -0.05) is 12.1 Å². The third-order valence-electron chi connectivity index (χ3n) is 2.66. The van der Waals surface area contributed by atoms with Crippen molar-refractivity contribution in [1.29, 1.82) is 0 Å². The lowest BCUT2D eigenvalue weighted by Gasteiger charge is -2.06. The van der Waals surface area contributed by atoms with E-state index in [0.29, 0.717) is 18.3 Å². The molecule has 18 heavy (non-hydrogen) atoms.